The number of amides is 1. The Labute approximate surface area is 178 Å². The van der Waals surface area contributed by atoms with E-state index in [1.807, 2.05) is 32.0 Å². The Hall–Kier alpha value is -2.42. The average molecular weight is 433 g/mol. The molecular weight excluding hydrogens is 404 g/mol. The van der Waals surface area contributed by atoms with Crippen molar-refractivity contribution in [2.45, 2.75) is 25.2 Å². The first-order valence-corrected chi connectivity index (χ1v) is 11.4. The van der Waals surface area contributed by atoms with E-state index in [-0.39, 0.29) is 10.8 Å². The number of nitrogens with zero attached hydrogens (tertiary/aromatic N) is 1. The highest BCUT2D eigenvalue weighted by molar-refractivity contribution is 7.89. The predicted octanol–water partition coefficient (Wildman–Crippen LogP) is 2.06. The Morgan fingerprint density at radius 1 is 1.07 bits per heavy atom. The summed E-state index contributed by atoms with van der Waals surface area (Å²) in [4.78, 5) is 12.3. The third-order valence-corrected chi connectivity index (χ3v) is 6.97. The van der Waals surface area contributed by atoms with Crippen molar-refractivity contribution in [2.24, 2.45) is 0 Å². The Morgan fingerprint density at radius 3 is 2.43 bits per heavy atom. The SMILES string of the molecule is Cc1ccc(CC(=O)NCCOc2ccc(S(=O)(=O)N3CCOCC3)cc2)cc1C. The largest absolute Gasteiger partial charge is 0.492 e. The Kier molecular flexibility index (Phi) is 7.47. The molecule has 1 amide bonds. The number of benzene rings is 2. The molecule has 0 radical (unpaired) electrons. The molecule has 1 fully saturated rings. The van der Waals surface area contributed by atoms with Crippen molar-refractivity contribution in [3.63, 3.8) is 0 Å². The van der Waals surface area contributed by atoms with Gasteiger partial charge in [0, 0.05) is 13.1 Å². The summed E-state index contributed by atoms with van der Waals surface area (Å²) in [5, 5.41) is 2.84. The smallest absolute Gasteiger partial charge is 0.243 e. The lowest BCUT2D eigenvalue weighted by molar-refractivity contribution is -0.120. The molecule has 2 aromatic carbocycles. The number of aryl methyl sites for hydroxylation is 2. The van der Waals surface area contributed by atoms with E-state index in [0.717, 1.165) is 5.56 Å². The zero-order valence-electron chi connectivity index (χ0n) is 17.4. The van der Waals surface area contributed by atoms with Crippen LogP contribution in [0.3, 0.4) is 0 Å². The summed E-state index contributed by atoms with van der Waals surface area (Å²) in [6.07, 6.45) is 0.329. The minimum absolute atomic E-state index is 0.0613. The molecule has 30 heavy (non-hydrogen) atoms. The number of hydrogen-bond acceptors (Lipinski definition) is 5. The molecule has 1 aliphatic rings. The fraction of sp³-hybridized carbons (Fsp3) is 0.409. The normalized spacial score (nSPS) is 15.0. The number of sulfonamides is 1. The Morgan fingerprint density at radius 2 is 1.77 bits per heavy atom. The van der Waals surface area contributed by atoms with Crippen LogP contribution in [-0.2, 0) is 26.0 Å². The number of carbonyl (C=O) groups excluding carboxylic acids is 1. The monoisotopic (exact) mass is 432 g/mol. The fourth-order valence-corrected chi connectivity index (χ4v) is 4.57. The molecule has 0 saturated carbocycles. The van der Waals surface area contributed by atoms with Crippen LogP contribution in [0.2, 0.25) is 0 Å². The highest BCUT2D eigenvalue weighted by atomic mass is 32.2. The van der Waals surface area contributed by atoms with Gasteiger partial charge in [-0.3, -0.25) is 4.79 Å². The van der Waals surface area contributed by atoms with E-state index in [2.05, 4.69) is 5.32 Å². The molecule has 0 bridgehead atoms. The van der Waals surface area contributed by atoms with Crippen molar-refractivity contribution in [1.82, 2.24) is 9.62 Å². The van der Waals surface area contributed by atoms with Crippen molar-refractivity contribution in [2.75, 3.05) is 39.5 Å². The summed E-state index contributed by atoms with van der Waals surface area (Å²) in [6, 6.07) is 12.3. The number of hydrogen-bond donors (Lipinski definition) is 1. The first kappa shape index (κ1) is 22.3. The van der Waals surface area contributed by atoms with Crippen LogP contribution in [-0.4, -0.2) is 58.1 Å². The molecule has 0 unspecified atom stereocenters. The number of morpholine rings is 1. The second kappa shape index (κ2) is 10.1. The minimum atomic E-state index is -3.51. The van der Waals surface area contributed by atoms with E-state index >= 15 is 0 Å². The van der Waals surface area contributed by atoms with Gasteiger partial charge < -0.3 is 14.8 Å². The third-order valence-electron chi connectivity index (χ3n) is 5.06. The Balaban J connectivity index is 1.43. The first-order chi connectivity index (χ1) is 14.4. The van der Waals surface area contributed by atoms with Crippen LogP contribution in [0.4, 0.5) is 0 Å². The van der Waals surface area contributed by atoms with Crippen LogP contribution < -0.4 is 10.1 Å². The molecule has 1 heterocycles. The number of carbonyl (C=O) groups is 1. The molecule has 1 saturated heterocycles. The van der Waals surface area contributed by atoms with E-state index in [0.29, 0.717) is 51.6 Å². The Bertz CT molecular complexity index is 968. The van der Waals surface area contributed by atoms with Crippen LogP contribution in [0.25, 0.3) is 0 Å². The van der Waals surface area contributed by atoms with Crippen molar-refractivity contribution in [3.05, 3.63) is 59.2 Å². The van der Waals surface area contributed by atoms with Crippen LogP contribution in [0.1, 0.15) is 16.7 Å². The minimum Gasteiger partial charge on any atom is -0.492 e. The van der Waals surface area contributed by atoms with Gasteiger partial charge >= 0.3 is 0 Å². The topological polar surface area (TPSA) is 84.9 Å². The van der Waals surface area contributed by atoms with Gasteiger partial charge in [0.05, 0.1) is 31.1 Å². The zero-order chi connectivity index (χ0) is 21.6. The summed E-state index contributed by atoms with van der Waals surface area (Å²) < 4.78 is 37.5. The second-order valence-corrected chi connectivity index (χ2v) is 9.22. The number of ether oxygens (including phenoxy) is 2. The maximum atomic E-state index is 12.6. The second-order valence-electron chi connectivity index (χ2n) is 7.28. The maximum Gasteiger partial charge on any atom is 0.243 e. The number of rotatable bonds is 8. The van der Waals surface area contributed by atoms with Crippen molar-refractivity contribution >= 4 is 15.9 Å². The van der Waals surface area contributed by atoms with Crippen LogP contribution in [0, 0.1) is 13.8 Å². The summed E-state index contributed by atoms with van der Waals surface area (Å²) >= 11 is 0. The fourth-order valence-electron chi connectivity index (χ4n) is 3.16. The maximum absolute atomic E-state index is 12.6. The highest BCUT2D eigenvalue weighted by Crippen LogP contribution is 2.20. The van der Waals surface area contributed by atoms with Gasteiger partial charge in [-0.1, -0.05) is 18.2 Å². The van der Waals surface area contributed by atoms with E-state index < -0.39 is 10.0 Å². The van der Waals surface area contributed by atoms with Crippen LogP contribution in [0.15, 0.2) is 47.4 Å². The van der Waals surface area contributed by atoms with Gasteiger partial charge in [-0.2, -0.15) is 4.31 Å². The summed E-state index contributed by atoms with van der Waals surface area (Å²) in [5.74, 6) is 0.494. The molecule has 162 valence electrons. The molecular formula is C22H28N2O5S. The first-order valence-electron chi connectivity index (χ1n) is 10.00. The average Bonchev–Trinajstić information content (AvgIpc) is 2.75. The quantitative estimate of drug-likeness (QED) is 0.646. The van der Waals surface area contributed by atoms with Crippen molar-refractivity contribution in [1.29, 1.82) is 0 Å². The molecule has 0 aliphatic carbocycles. The highest BCUT2D eigenvalue weighted by Gasteiger charge is 2.26. The molecule has 1 N–H and O–H groups in total. The van der Waals surface area contributed by atoms with Gasteiger partial charge in [0.2, 0.25) is 15.9 Å². The van der Waals surface area contributed by atoms with E-state index in [1.54, 1.807) is 24.3 Å². The molecule has 2 aromatic rings. The lowest BCUT2D eigenvalue weighted by Gasteiger charge is -2.26. The number of nitrogens with one attached hydrogen (secondary N) is 1. The van der Waals surface area contributed by atoms with E-state index in [9.17, 15) is 13.2 Å². The zero-order valence-corrected chi connectivity index (χ0v) is 18.2. The lowest BCUT2D eigenvalue weighted by Crippen LogP contribution is -2.40. The molecule has 0 atom stereocenters. The van der Waals surface area contributed by atoms with Crippen LogP contribution >= 0.6 is 0 Å². The van der Waals surface area contributed by atoms with Gasteiger partial charge in [-0.15, -0.1) is 0 Å². The molecule has 3 rings (SSSR count). The molecule has 0 aromatic heterocycles. The summed E-state index contributed by atoms with van der Waals surface area (Å²) in [6.45, 7) is 6.30. The van der Waals surface area contributed by atoms with Crippen molar-refractivity contribution < 1.29 is 22.7 Å². The van der Waals surface area contributed by atoms with E-state index in [1.165, 1.54) is 15.4 Å². The van der Waals surface area contributed by atoms with Gasteiger partial charge in [0.15, 0.2) is 0 Å². The van der Waals surface area contributed by atoms with Crippen molar-refractivity contribution in [3.8, 4) is 5.75 Å². The summed E-state index contributed by atoms with van der Waals surface area (Å²) in [7, 11) is -3.51. The molecule has 0 spiro atoms. The van der Waals surface area contributed by atoms with Gasteiger partial charge in [0.25, 0.3) is 0 Å². The summed E-state index contributed by atoms with van der Waals surface area (Å²) in [5.41, 5.74) is 3.35. The van der Waals surface area contributed by atoms with E-state index in [4.69, 9.17) is 9.47 Å². The van der Waals surface area contributed by atoms with Gasteiger partial charge in [-0.05, 0) is 54.8 Å². The molecule has 1 aliphatic heterocycles. The predicted molar refractivity (Wildman–Crippen MR) is 114 cm³/mol. The van der Waals surface area contributed by atoms with Gasteiger partial charge in [-0.25, -0.2) is 8.42 Å². The standard InChI is InChI=1S/C22H28N2O5S/c1-17-3-4-19(15-18(17)2)16-22(25)23-9-12-29-20-5-7-21(8-6-20)30(26,27)24-10-13-28-14-11-24/h3-8,15H,9-14,16H2,1-2H3,(H,23,25). The molecule has 7 nitrogen and oxygen atoms in total. The van der Waals surface area contributed by atoms with Gasteiger partial charge in [0.1, 0.15) is 12.4 Å². The third kappa shape index (κ3) is 5.81. The van der Waals surface area contributed by atoms with Crippen LogP contribution in [0.5, 0.6) is 5.75 Å². The lowest BCUT2D eigenvalue weighted by atomic mass is 10.0. The molecule has 8 heteroatoms.